The molecule has 2 atom stereocenters. The van der Waals surface area contributed by atoms with Gasteiger partial charge in [-0.3, -0.25) is 14.2 Å². The first-order chi connectivity index (χ1) is 19.1. The van der Waals surface area contributed by atoms with Gasteiger partial charge in [-0.25, -0.2) is 9.67 Å². The minimum Gasteiger partial charge on any atom is -0.508 e. The SMILES string of the molecule is CC1(C(=O)N2CCC(O)(Cn3cnc4c(cnn4-c4ccc(O)cc4)c3=O)CC2)CC1COC1CCC(O)CC1. The molecule has 1 aliphatic heterocycles. The van der Waals surface area contributed by atoms with Crippen molar-refractivity contribution in [3.63, 3.8) is 0 Å². The molecule has 0 radical (unpaired) electrons. The van der Waals surface area contributed by atoms with Gasteiger partial charge in [0.2, 0.25) is 5.91 Å². The molecular formula is C29H37N5O6. The molecule has 3 heterocycles. The number of phenolic OH excluding ortho intramolecular Hbond substituents is 1. The second kappa shape index (κ2) is 10.3. The Labute approximate surface area is 232 Å². The van der Waals surface area contributed by atoms with Crippen LogP contribution in [0.25, 0.3) is 16.7 Å². The number of ether oxygens (including phenoxy) is 1. The van der Waals surface area contributed by atoms with Crippen molar-refractivity contribution in [2.24, 2.45) is 11.3 Å². The van der Waals surface area contributed by atoms with E-state index in [-0.39, 0.29) is 41.9 Å². The number of carbonyl (C=O) groups excluding carboxylic acids is 1. The number of aliphatic hydroxyl groups excluding tert-OH is 1. The number of piperidine rings is 1. The van der Waals surface area contributed by atoms with Crippen LogP contribution in [0, 0.1) is 11.3 Å². The number of phenols is 1. The summed E-state index contributed by atoms with van der Waals surface area (Å²) in [4.78, 5) is 32.9. The highest BCUT2D eigenvalue weighted by Gasteiger charge is 2.58. The van der Waals surface area contributed by atoms with Crippen molar-refractivity contribution in [2.75, 3.05) is 19.7 Å². The third kappa shape index (κ3) is 5.13. The molecule has 3 aliphatic rings. The van der Waals surface area contributed by atoms with E-state index in [1.165, 1.54) is 21.8 Å². The van der Waals surface area contributed by atoms with E-state index >= 15 is 0 Å². The van der Waals surface area contributed by atoms with Crippen molar-refractivity contribution in [2.45, 2.75) is 76.2 Å². The Morgan fingerprint density at radius 1 is 1.12 bits per heavy atom. The van der Waals surface area contributed by atoms with Crippen LogP contribution in [0.1, 0.15) is 51.9 Å². The van der Waals surface area contributed by atoms with Gasteiger partial charge in [0.1, 0.15) is 17.5 Å². The largest absolute Gasteiger partial charge is 0.508 e. The van der Waals surface area contributed by atoms with Crippen molar-refractivity contribution in [1.29, 1.82) is 0 Å². The van der Waals surface area contributed by atoms with Gasteiger partial charge in [-0.05, 0) is 75.1 Å². The summed E-state index contributed by atoms with van der Waals surface area (Å²) in [5, 5.41) is 35.2. The van der Waals surface area contributed by atoms with E-state index in [2.05, 4.69) is 10.1 Å². The number of aliphatic hydroxyl groups is 2. The average molecular weight is 552 g/mol. The summed E-state index contributed by atoms with van der Waals surface area (Å²) in [6.07, 6.45) is 7.71. The lowest BCUT2D eigenvalue weighted by Gasteiger charge is -2.39. The zero-order valence-electron chi connectivity index (χ0n) is 22.8. The number of nitrogens with zero attached hydrogens (tertiary/aromatic N) is 5. The number of hydrogen-bond acceptors (Lipinski definition) is 8. The highest BCUT2D eigenvalue weighted by molar-refractivity contribution is 5.85. The van der Waals surface area contributed by atoms with Crippen molar-refractivity contribution in [3.8, 4) is 11.4 Å². The van der Waals surface area contributed by atoms with Gasteiger partial charge in [0.25, 0.3) is 5.56 Å². The zero-order chi connectivity index (χ0) is 28.1. The molecule has 1 aromatic carbocycles. The number of amides is 1. The van der Waals surface area contributed by atoms with E-state index in [9.17, 15) is 24.9 Å². The molecule has 1 saturated heterocycles. The van der Waals surface area contributed by atoms with Gasteiger partial charge in [0.05, 0.1) is 48.3 Å². The molecule has 11 nitrogen and oxygen atoms in total. The van der Waals surface area contributed by atoms with Gasteiger partial charge >= 0.3 is 0 Å². The van der Waals surface area contributed by atoms with Crippen LogP contribution in [0.2, 0.25) is 0 Å². The topological polar surface area (TPSA) is 143 Å². The molecule has 6 rings (SSSR count). The summed E-state index contributed by atoms with van der Waals surface area (Å²) in [5.41, 5.74) is -0.770. The predicted octanol–water partition coefficient (Wildman–Crippen LogP) is 1.99. The molecule has 2 saturated carbocycles. The maximum absolute atomic E-state index is 13.4. The van der Waals surface area contributed by atoms with Crippen LogP contribution in [0.4, 0.5) is 0 Å². The van der Waals surface area contributed by atoms with Crippen LogP contribution >= 0.6 is 0 Å². The molecule has 11 heteroatoms. The van der Waals surface area contributed by atoms with Gasteiger partial charge in [0.15, 0.2) is 5.65 Å². The number of rotatable bonds is 7. The average Bonchev–Trinajstić information content (AvgIpc) is 3.42. The fourth-order valence-corrected chi connectivity index (χ4v) is 6.23. The fraction of sp³-hybridized carbons (Fsp3) is 0.586. The van der Waals surface area contributed by atoms with Crippen LogP contribution < -0.4 is 5.56 Å². The Hall–Kier alpha value is -3.28. The summed E-state index contributed by atoms with van der Waals surface area (Å²) in [7, 11) is 0. The van der Waals surface area contributed by atoms with E-state index < -0.39 is 11.0 Å². The third-order valence-electron chi connectivity index (χ3n) is 9.17. The van der Waals surface area contributed by atoms with E-state index in [4.69, 9.17) is 4.74 Å². The Morgan fingerprint density at radius 2 is 1.82 bits per heavy atom. The molecule has 2 aliphatic carbocycles. The first kappa shape index (κ1) is 26.9. The smallest absolute Gasteiger partial charge is 0.264 e. The lowest BCUT2D eigenvalue weighted by atomic mass is 9.90. The first-order valence-corrected chi connectivity index (χ1v) is 14.2. The number of likely N-dealkylation sites (tertiary alicyclic amines) is 1. The normalized spacial score (nSPS) is 28.1. The molecule has 0 bridgehead atoms. The van der Waals surface area contributed by atoms with E-state index in [0.717, 1.165) is 32.1 Å². The number of benzene rings is 1. The number of carbonyl (C=O) groups is 1. The van der Waals surface area contributed by atoms with E-state index in [0.29, 0.717) is 49.3 Å². The highest BCUT2D eigenvalue weighted by atomic mass is 16.5. The minimum atomic E-state index is -1.12. The summed E-state index contributed by atoms with van der Waals surface area (Å²) < 4.78 is 9.04. The number of aromatic hydroxyl groups is 1. The van der Waals surface area contributed by atoms with Crippen LogP contribution in [-0.4, -0.2) is 83.0 Å². The molecule has 3 aromatic rings. The number of aromatic nitrogens is 4. The predicted molar refractivity (Wildman–Crippen MR) is 146 cm³/mol. The summed E-state index contributed by atoms with van der Waals surface area (Å²) in [5.74, 6) is 0.448. The molecule has 40 heavy (non-hydrogen) atoms. The molecule has 3 fully saturated rings. The first-order valence-electron chi connectivity index (χ1n) is 14.2. The lowest BCUT2D eigenvalue weighted by molar-refractivity contribution is -0.142. The monoisotopic (exact) mass is 551 g/mol. The molecule has 214 valence electrons. The van der Waals surface area contributed by atoms with Gasteiger partial charge in [-0.15, -0.1) is 0 Å². The van der Waals surface area contributed by atoms with Crippen molar-refractivity contribution >= 4 is 16.9 Å². The zero-order valence-corrected chi connectivity index (χ0v) is 22.8. The Kier molecular flexibility index (Phi) is 6.92. The maximum Gasteiger partial charge on any atom is 0.264 e. The third-order valence-corrected chi connectivity index (χ3v) is 9.17. The molecule has 0 spiro atoms. The summed E-state index contributed by atoms with van der Waals surface area (Å²) in [6, 6.07) is 6.46. The van der Waals surface area contributed by atoms with Gasteiger partial charge < -0.3 is 25.0 Å². The molecule has 2 aromatic heterocycles. The molecule has 1 amide bonds. The van der Waals surface area contributed by atoms with Crippen LogP contribution in [-0.2, 0) is 16.1 Å². The quantitative estimate of drug-likeness (QED) is 0.405. The van der Waals surface area contributed by atoms with E-state index in [1.807, 2.05) is 11.8 Å². The Morgan fingerprint density at radius 3 is 2.52 bits per heavy atom. The van der Waals surface area contributed by atoms with Gasteiger partial charge in [-0.2, -0.15) is 5.10 Å². The molecular weight excluding hydrogens is 514 g/mol. The Bertz CT molecular complexity index is 1440. The fourth-order valence-electron chi connectivity index (χ4n) is 6.23. The van der Waals surface area contributed by atoms with Gasteiger partial charge in [0, 0.05) is 13.1 Å². The van der Waals surface area contributed by atoms with E-state index in [1.54, 1.807) is 24.3 Å². The lowest BCUT2D eigenvalue weighted by Crippen LogP contribution is -2.51. The number of hydrogen-bond donors (Lipinski definition) is 3. The standard InChI is InChI=1S/C29H37N5O6/c1-28(14-19(28)16-40-23-8-6-22(36)7-9-23)27(38)32-12-10-29(39,11-13-32)17-33-18-30-25-24(26(33)37)15-31-34(25)20-2-4-21(35)5-3-20/h2-5,15,18-19,22-23,35-36,39H,6-14,16-17H2,1H3. The molecule has 2 unspecified atom stereocenters. The van der Waals surface area contributed by atoms with Crippen LogP contribution in [0.5, 0.6) is 5.75 Å². The van der Waals surface area contributed by atoms with Crippen molar-refractivity contribution in [1.82, 2.24) is 24.2 Å². The highest BCUT2D eigenvalue weighted by Crippen LogP contribution is 2.54. The molecule has 3 N–H and O–H groups in total. The van der Waals surface area contributed by atoms with Crippen molar-refractivity contribution in [3.05, 3.63) is 47.1 Å². The van der Waals surface area contributed by atoms with Gasteiger partial charge in [-0.1, -0.05) is 6.92 Å². The second-order valence-corrected chi connectivity index (χ2v) is 12.1. The summed E-state index contributed by atoms with van der Waals surface area (Å²) in [6.45, 7) is 3.53. The summed E-state index contributed by atoms with van der Waals surface area (Å²) >= 11 is 0. The number of fused-ring (bicyclic) bond motifs is 1. The van der Waals surface area contributed by atoms with Crippen LogP contribution in [0.3, 0.4) is 0 Å². The minimum absolute atomic E-state index is 0.0883. The second-order valence-electron chi connectivity index (χ2n) is 12.1. The van der Waals surface area contributed by atoms with Crippen LogP contribution in [0.15, 0.2) is 41.6 Å². The van der Waals surface area contributed by atoms with Crippen molar-refractivity contribution < 1.29 is 24.9 Å². The maximum atomic E-state index is 13.4. The Balaban J connectivity index is 1.05.